The van der Waals surface area contributed by atoms with Crippen LogP contribution in [0.5, 0.6) is 0 Å². The van der Waals surface area contributed by atoms with Gasteiger partial charge in [0.1, 0.15) is 23.0 Å². The summed E-state index contributed by atoms with van der Waals surface area (Å²) in [6.45, 7) is 3.24. The van der Waals surface area contributed by atoms with E-state index in [2.05, 4.69) is 37.0 Å². The van der Waals surface area contributed by atoms with Crippen molar-refractivity contribution in [3.63, 3.8) is 0 Å². The number of anilines is 1. The number of fused-ring (bicyclic) bond motifs is 2. The summed E-state index contributed by atoms with van der Waals surface area (Å²) in [5.74, 6) is 1.75. The van der Waals surface area contributed by atoms with Crippen molar-refractivity contribution in [2.75, 3.05) is 26.0 Å². The molecule has 0 fully saturated rings. The van der Waals surface area contributed by atoms with Crippen LogP contribution >= 0.6 is 0 Å². The van der Waals surface area contributed by atoms with Crippen molar-refractivity contribution in [1.82, 2.24) is 34.5 Å². The Labute approximate surface area is 191 Å². The third-order valence-corrected chi connectivity index (χ3v) is 6.19. The summed E-state index contributed by atoms with van der Waals surface area (Å²) in [6, 6.07) is 7.48. The van der Waals surface area contributed by atoms with Crippen LogP contribution in [0.3, 0.4) is 0 Å². The molecule has 0 aromatic carbocycles. The molecular weight excluding hydrogens is 420 g/mol. The molecule has 0 saturated heterocycles. The van der Waals surface area contributed by atoms with E-state index in [1.165, 1.54) is 0 Å². The summed E-state index contributed by atoms with van der Waals surface area (Å²) < 4.78 is 2.11. The molecule has 10 nitrogen and oxygen atoms in total. The Balaban J connectivity index is 1.35. The maximum atomic E-state index is 12.9. The zero-order chi connectivity index (χ0) is 23.1. The fraction of sp³-hybridized carbons (Fsp3) is 0.391. The fourth-order valence-corrected chi connectivity index (χ4v) is 4.42. The second-order valence-corrected chi connectivity index (χ2v) is 8.75. The van der Waals surface area contributed by atoms with E-state index in [9.17, 15) is 9.59 Å². The highest BCUT2D eigenvalue weighted by molar-refractivity contribution is 6.02. The number of pyridine rings is 2. The van der Waals surface area contributed by atoms with Crippen molar-refractivity contribution in [3.05, 3.63) is 53.1 Å². The average Bonchev–Trinajstić information content (AvgIpc) is 3.41. The molecule has 0 spiro atoms. The van der Waals surface area contributed by atoms with Gasteiger partial charge >= 0.3 is 6.03 Å². The Hall–Kier alpha value is -3.82. The number of rotatable bonds is 3. The van der Waals surface area contributed by atoms with Crippen molar-refractivity contribution >= 4 is 17.8 Å². The molecule has 2 aliphatic rings. The monoisotopic (exact) mass is 446 g/mol. The van der Waals surface area contributed by atoms with E-state index < -0.39 is 0 Å². The fourth-order valence-electron chi connectivity index (χ4n) is 4.42. The number of hydrogen-bond donors (Lipinski definition) is 1. The maximum Gasteiger partial charge on any atom is 0.319 e. The van der Waals surface area contributed by atoms with E-state index in [0.717, 1.165) is 29.8 Å². The molecule has 170 valence electrons. The third kappa shape index (κ3) is 3.92. The molecule has 3 amide bonds. The molecule has 0 bridgehead atoms. The summed E-state index contributed by atoms with van der Waals surface area (Å²) in [4.78, 5) is 37.5. The van der Waals surface area contributed by atoms with Crippen molar-refractivity contribution in [1.29, 1.82) is 0 Å². The van der Waals surface area contributed by atoms with Gasteiger partial charge in [0.15, 0.2) is 5.82 Å². The Morgan fingerprint density at radius 1 is 1.15 bits per heavy atom. The highest BCUT2D eigenvalue weighted by atomic mass is 16.2. The lowest BCUT2D eigenvalue weighted by atomic mass is 10.0. The molecule has 2 aliphatic heterocycles. The van der Waals surface area contributed by atoms with Crippen LogP contribution in [-0.4, -0.2) is 67.1 Å². The van der Waals surface area contributed by atoms with Crippen LogP contribution in [0, 0.1) is 0 Å². The number of nitrogens with zero attached hydrogens (tertiary/aromatic N) is 7. The van der Waals surface area contributed by atoms with Crippen molar-refractivity contribution in [2.24, 2.45) is 0 Å². The van der Waals surface area contributed by atoms with Gasteiger partial charge in [-0.3, -0.25) is 9.78 Å². The lowest BCUT2D eigenvalue weighted by Crippen LogP contribution is -2.42. The molecule has 3 aromatic heterocycles. The summed E-state index contributed by atoms with van der Waals surface area (Å²) >= 11 is 0. The SMILES string of the molecule is C[C@H]1CCc2nnc(-c3cccc(NC(=O)c4cc5c(cn4)CCN(C(=O)N(C)C)C5)n3)n21. The van der Waals surface area contributed by atoms with E-state index >= 15 is 0 Å². The van der Waals surface area contributed by atoms with Crippen LogP contribution in [0.1, 0.15) is 46.8 Å². The maximum absolute atomic E-state index is 12.9. The predicted molar refractivity (Wildman–Crippen MR) is 122 cm³/mol. The average molecular weight is 447 g/mol. The minimum atomic E-state index is -0.349. The van der Waals surface area contributed by atoms with Crippen molar-refractivity contribution < 1.29 is 9.59 Å². The molecule has 5 heterocycles. The molecule has 10 heteroatoms. The van der Waals surface area contributed by atoms with Gasteiger partial charge in [-0.25, -0.2) is 9.78 Å². The number of hydrogen-bond acceptors (Lipinski definition) is 6. The van der Waals surface area contributed by atoms with E-state index in [1.807, 2.05) is 12.1 Å². The minimum Gasteiger partial charge on any atom is -0.331 e. The highest BCUT2D eigenvalue weighted by Crippen LogP contribution is 2.30. The Morgan fingerprint density at radius 3 is 2.82 bits per heavy atom. The van der Waals surface area contributed by atoms with Gasteiger partial charge < -0.3 is 19.7 Å². The van der Waals surface area contributed by atoms with Gasteiger partial charge in [-0.05, 0) is 49.1 Å². The number of nitrogens with one attached hydrogen (secondary N) is 1. The lowest BCUT2D eigenvalue weighted by Gasteiger charge is -2.31. The van der Waals surface area contributed by atoms with Crippen molar-refractivity contribution in [2.45, 2.75) is 38.8 Å². The van der Waals surface area contributed by atoms with Crippen LogP contribution in [0.4, 0.5) is 10.6 Å². The van der Waals surface area contributed by atoms with Crippen LogP contribution in [0.2, 0.25) is 0 Å². The summed E-state index contributed by atoms with van der Waals surface area (Å²) in [6.07, 6.45) is 4.39. The number of urea groups is 1. The van der Waals surface area contributed by atoms with Gasteiger partial charge in [0.25, 0.3) is 5.91 Å². The predicted octanol–water partition coefficient (Wildman–Crippen LogP) is 2.53. The third-order valence-electron chi connectivity index (χ3n) is 6.19. The largest absolute Gasteiger partial charge is 0.331 e. The van der Waals surface area contributed by atoms with Gasteiger partial charge in [0, 0.05) is 45.8 Å². The molecular formula is C23H26N8O2. The van der Waals surface area contributed by atoms with Crippen LogP contribution in [0.25, 0.3) is 11.5 Å². The first kappa shape index (κ1) is 21.0. The van der Waals surface area contributed by atoms with Gasteiger partial charge in [-0.15, -0.1) is 10.2 Å². The Morgan fingerprint density at radius 2 is 2.00 bits per heavy atom. The Bertz CT molecular complexity index is 1230. The van der Waals surface area contributed by atoms with E-state index in [4.69, 9.17) is 0 Å². The molecule has 5 rings (SSSR count). The second-order valence-electron chi connectivity index (χ2n) is 8.75. The van der Waals surface area contributed by atoms with Gasteiger partial charge in [-0.2, -0.15) is 0 Å². The number of carbonyl (C=O) groups is 2. The number of aryl methyl sites for hydroxylation is 1. The molecule has 1 atom stereocenters. The standard InChI is InChI=1S/C23H26N8O2/c1-14-7-8-20-27-28-21(31(14)20)17-5-4-6-19(25-17)26-22(32)18-11-16-13-30(23(33)29(2)3)10-9-15(16)12-24-18/h4-6,11-12,14H,7-10,13H2,1-3H3,(H,25,26,32)/t14-/m0/s1. The zero-order valence-electron chi connectivity index (χ0n) is 18.9. The van der Waals surface area contributed by atoms with E-state index in [1.54, 1.807) is 42.2 Å². The van der Waals surface area contributed by atoms with Crippen molar-refractivity contribution in [3.8, 4) is 11.5 Å². The first-order valence-electron chi connectivity index (χ1n) is 11.1. The lowest BCUT2D eigenvalue weighted by molar-refractivity contribution is 0.102. The normalized spacial score (nSPS) is 16.8. The van der Waals surface area contributed by atoms with Crippen LogP contribution in [0.15, 0.2) is 30.5 Å². The minimum absolute atomic E-state index is 0.0428. The van der Waals surface area contributed by atoms with Gasteiger partial charge in [0.2, 0.25) is 0 Å². The molecule has 33 heavy (non-hydrogen) atoms. The van der Waals surface area contributed by atoms with Crippen LogP contribution < -0.4 is 5.32 Å². The summed E-state index contributed by atoms with van der Waals surface area (Å²) in [5.41, 5.74) is 2.95. The summed E-state index contributed by atoms with van der Waals surface area (Å²) in [7, 11) is 3.47. The van der Waals surface area contributed by atoms with Gasteiger partial charge in [0.05, 0.1) is 0 Å². The summed E-state index contributed by atoms with van der Waals surface area (Å²) in [5, 5.41) is 11.4. The first-order valence-corrected chi connectivity index (χ1v) is 11.1. The molecule has 1 N–H and O–H groups in total. The Kier molecular flexibility index (Phi) is 5.27. The quantitative estimate of drug-likeness (QED) is 0.662. The van der Waals surface area contributed by atoms with Crippen LogP contribution in [-0.2, 0) is 19.4 Å². The smallest absolute Gasteiger partial charge is 0.319 e. The van der Waals surface area contributed by atoms with E-state index in [0.29, 0.717) is 42.9 Å². The van der Waals surface area contributed by atoms with E-state index in [-0.39, 0.29) is 17.6 Å². The molecule has 3 aromatic rings. The molecule has 0 aliphatic carbocycles. The molecule has 0 radical (unpaired) electrons. The number of aromatic nitrogens is 5. The molecule has 0 saturated carbocycles. The number of carbonyl (C=O) groups excluding carboxylic acids is 2. The van der Waals surface area contributed by atoms with Gasteiger partial charge in [-0.1, -0.05) is 6.07 Å². The molecule has 0 unspecified atom stereocenters. The zero-order valence-corrected chi connectivity index (χ0v) is 18.9. The number of amides is 3. The highest BCUT2D eigenvalue weighted by Gasteiger charge is 2.26. The topological polar surface area (TPSA) is 109 Å². The first-order chi connectivity index (χ1) is 15.9. The second kappa shape index (κ2) is 8.27.